The van der Waals surface area contributed by atoms with E-state index in [9.17, 15) is 15.0 Å². The van der Waals surface area contributed by atoms with Gasteiger partial charge < -0.3 is 10.2 Å². The van der Waals surface area contributed by atoms with Crippen LogP contribution in [0.3, 0.4) is 0 Å². The Morgan fingerprint density at radius 3 is 2.74 bits per heavy atom. The van der Waals surface area contributed by atoms with Gasteiger partial charge in [0.15, 0.2) is 5.78 Å². The third kappa shape index (κ3) is 2.12. The van der Waals surface area contributed by atoms with Gasteiger partial charge in [-0.05, 0) is 81.6 Å². The number of carbonyl (C=O) groups is 1. The van der Waals surface area contributed by atoms with Gasteiger partial charge in [-0.25, -0.2) is 0 Å². The number of carbonyl (C=O) groups excluding carboxylic acids is 1. The second-order valence-electron chi connectivity index (χ2n) is 8.88. The van der Waals surface area contributed by atoms with Crippen molar-refractivity contribution in [2.45, 2.75) is 76.9 Å². The third-order valence-corrected chi connectivity index (χ3v) is 7.92. The maximum atomic E-state index is 11.8. The fraction of sp³-hybridized carbons (Fsp3) is 0.850. The maximum absolute atomic E-state index is 11.8. The van der Waals surface area contributed by atoms with Gasteiger partial charge >= 0.3 is 0 Å². The van der Waals surface area contributed by atoms with Crippen LogP contribution in [0, 0.1) is 29.1 Å². The highest BCUT2D eigenvalue weighted by atomic mass is 16.3. The van der Waals surface area contributed by atoms with E-state index < -0.39 is 5.60 Å². The molecule has 2 N–H and O–H groups in total. The molecule has 0 aliphatic heterocycles. The summed E-state index contributed by atoms with van der Waals surface area (Å²) >= 11 is 0. The van der Waals surface area contributed by atoms with Crippen LogP contribution in [0.2, 0.25) is 0 Å². The summed E-state index contributed by atoms with van der Waals surface area (Å²) in [6, 6.07) is 0. The lowest BCUT2D eigenvalue weighted by atomic mass is 9.47. The van der Waals surface area contributed by atoms with Crippen molar-refractivity contribution in [2.75, 3.05) is 0 Å². The van der Waals surface area contributed by atoms with Gasteiger partial charge in [-0.15, -0.1) is 0 Å². The van der Waals surface area contributed by atoms with Crippen LogP contribution in [-0.4, -0.2) is 27.7 Å². The Kier molecular flexibility index (Phi) is 3.55. The fourth-order valence-corrected chi connectivity index (χ4v) is 7.15. The Hall–Kier alpha value is -0.670. The standard InChI is InChI=1S/C20H30O3/c1-3-20-11-19(2,23)18-14-7-5-13(21)10-12(14)4-6-15(18)16(20)8-9-17(20)22/h10,14-18,22-23H,3-9,11H2,1-2H3. The molecule has 23 heavy (non-hydrogen) atoms. The maximum Gasteiger partial charge on any atom is 0.155 e. The lowest BCUT2D eigenvalue weighted by Crippen LogP contribution is -2.59. The van der Waals surface area contributed by atoms with Crippen molar-refractivity contribution in [2.24, 2.45) is 29.1 Å². The van der Waals surface area contributed by atoms with Crippen LogP contribution in [0.15, 0.2) is 11.6 Å². The van der Waals surface area contributed by atoms with Gasteiger partial charge in [0, 0.05) is 11.8 Å². The first-order chi connectivity index (χ1) is 10.9. The first-order valence-corrected chi connectivity index (χ1v) is 9.53. The second kappa shape index (κ2) is 5.16. The van der Waals surface area contributed by atoms with E-state index in [1.807, 2.05) is 13.0 Å². The van der Waals surface area contributed by atoms with Crippen molar-refractivity contribution in [3.05, 3.63) is 11.6 Å². The molecule has 3 saturated carbocycles. The summed E-state index contributed by atoms with van der Waals surface area (Å²) < 4.78 is 0. The SMILES string of the molecule is CCC12CC(C)(O)C3C4CCC(=O)C=C4CCC3C1CCC2O. The number of rotatable bonds is 1. The molecule has 0 aromatic carbocycles. The minimum absolute atomic E-state index is 0.0869. The molecule has 0 radical (unpaired) electrons. The highest BCUT2D eigenvalue weighted by Gasteiger charge is 2.63. The van der Waals surface area contributed by atoms with Crippen molar-refractivity contribution in [1.82, 2.24) is 0 Å². The van der Waals surface area contributed by atoms with E-state index in [4.69, 9.17) is 0 Å². The number of ketones is 1. The molecule has 4 aliphatic carbocycles. The molecule has 3 heteroatoms. The molecule has 0 heterocycles. The van der Waals surface area contributed by atoms with E-state index in [0.29, 0.717) is 24.2 Å². The van der Waals surface area contributed by atoms with Gasteiger partial charge in [0.1, 0.15) is 0 Å². The van der Waals surface area contributed by atoms with Gasteiger partial charge in [0.05, 0.1) is 11.7 Å². The van der Waals surface area contributed by atoms with Crippen molar-refractivity contribution < 1.29 is 15.0 Å². The molecule has 0 amide bonds. The molecule has 3 nitrogen and oxygen atoms in total. The molecule has 0 spiro atoms. The van der Waals surface area contributed by atoms with E-state index in [-0.39, 0.29) is 23.2 Å². The zero-order chi connectivity index (χ0) is 16.4. The summed E-state index contributed by atoms with van der Waals surface area (Å²) in [6.45, 7) is 4.19. The molecule has 3 fully saturated rings. The van der Waals surface area contributed by atoms with Crippen LogP contribution in [0.5, 0.6) is 0 Å². The van der Waals surface area contributed by atoms with E-state index in [0.717, 1.165) is 44.9 Å². The Morgan fingerprint density at radius 1 is 1.22 bits per heavy atom. The van der Waals surface area contributed by atoms with Crippen molar-refractivity contribution in [3.63, 3.8) is 0 Å². The summed E-state index contributed by atoms with van der Waals surface area (Å²) in [5, 5.41) is 22.1. The minimum Gasteiger partial charge on any atom is -0.393 e. The smallest absolute Gasteiger partial charge is 0.155 e. The van der Waals surface area contributed by atoms with Crippen LogP contribution in [0.1, 0.15) is 65.2 Å². The average Bonchev–Trinajstić information content (AvgIpc) is 2.83. The van der Waals surface area contributed by atoms with Crippen molar-refractivity contribution in [1.29, 1.82) is 0 Å². The van der Waals surface area contributed by atoms with Gasteiger partial charge in [0.25, 0.3) is 0 Å². The number of hydrogen-bond donors (Lipinski definition) is 2. The summed E-state index contributed by atoms with van der Waals surface area (Å²) in [6.07, 6.45) is 8.96. The Morgan fingerprint density at radius 2 is 2.00 bits per heavy atom. The first kappa shape index (κ1) is 15.8. The van der Waals surface area contributed by atoms with E-state index in [2.05, 4.69) is 6.92 Å². The predicted molar refractivity (Wildman–Crippen MR) is 88.7 cm³/mol. The van der Waals surface area contributed by atoms with Crippen molar-refractivity contribution in [3.8, 4) is 0 Å². The van der Waals surface area contributed by atoms with E-state index >= 15 is 0 Å². The molecular weight excluding hydrogens is 288 g/mol. The van der Waals surface area contributed by atoms with Gasteiger partial charge in [-0.1, -0.05) is 12.5 Å². The second-order valence-corrected chi connectivity index (χ2v) is 8.88. The summed E-state index contributed by atoms with van der Waals surface area (Å²) in [4.78, 5) is 11.8. The van der Waals surface area contributed by atoms with Gasteiger partial charge in [0.2, 0.25) is 0 Å². The molecule has 7 atom stereocenters. The molecule has 0 bridgehead atoms. The molecular formula is C20H30O3. The topological polar surface area (TPSA) is 57.5 Å². The monoisotopic (exact) mass is 318 g/mol. The number of allylic oxidation sites excluding steroid dienone is 1. The molecule has 7 unspecified atom stereocenters. The molecule has 4 aliphatic rings. The highest BCUT2D eigenvalue weighted by Crippen LogP contribution is 2.65. The largest absolute Gasteiger partial charge is 0.393 e. The van der Waals surface area contributed by atoms with Crippen LogP contribution in [0.25, 0.3) is 0 Å². The normalized spacial score (nSPS) is 52.4. The van der Waals surface area contributed by atoms with Crippen LogP contribution in [0.4, 0.5) is 0 Å². The number of fused-ring (bicyclic) bond motifs is 5. The van der Waals surface area contributed by atoms with Gasteiger partial charge in [-0.3, -0.25) is 4.79 Å². The summed E-state index contributed by atoms with van der Waals surface area (Å²) in [5.41, 5.74) is 0.481. The minimum atomic E-state index is -0.729. The lowest BCUT2D eigenvalue weighted by molar-refractivity contribution is -0.178. The van der Waals surface area contributed by atoms with E-state index in [1.165, 1.54) is 5.57 Å². The lowest BCUT2D eigenvalue weighted by Gasteiger charge is -2.60. The molecule has 4 rings (SSSR count). The third-order valence-electron chi connectivity index (χ3n) is 7.92. The average molecular weight is 318 g/mol. The quantitative estimate of drug-likeness (QED) is 0.780. The zero-order valence-electron chi connectivity index (χ0n) is 14.4. The number of hydrogen-bond acceptors (Lipinski definition) is 3. The molecule has 0 saturated heterocycles. The number of aliphatic hydroxyl groups excluding tert-OH is 1. The Labute approximate surface area is 139 Å². The van der Waals surface area contributed by atoms with Crippen molar-refractivity contribution >= 4 is 5.78 Å². The Bertz CT molecular complexity index is 549. The number of aliphatic hydroxyl groups is 2. The first-order valence-electron chi connectivity index (χ1n) is 9.53. The highest BCUT2D eigenvalue weighted by molar-refractivity contribution is 5.91. The Balaban J connectivity index is 1.75. The molecule has 0 aromatic heterocycles. The van der Waals surface area contributed by atoms with Gasteiger partial charge in [-0.2, -0.15) is 0 Å². The fourth-order valence-electron chi connectivity index (χ4n) is 7.15. The van der Waals surface area contributed by atoms with E-state index in [1.54, 1.807) is 0 Å². The predicted octanol–water partition coefficient (Wildman–Crippen LogP) is 3.24. The summed E-state index contributed by atoms with van der Waals surface area (Å²) in [7, 11) is 0. The molecule has 128 valence electrons. The molecule has 0 aromatic rings. The van der Waals surface area contributed by atoms with Crippen LogP contribution in [-0.2, 0) is 4.79 Å². The van der Waals surface area contributed by atoms with Crippen LogP contribution >= 0.6 is 0 Å². The zero-order valence-corrected chi connectivity index (χ0v) is 14.4. The van der Waals surface area contributed by atoms with Crippen LogP contribution < -0.4 is 0 Å². The summed E-state index contributed by atoms with van der Waals surface area (Å²) in [5.74, 6) is 1.97.